The van der Waals surface area contributed by atoms with E-state index in [4.69, 9.17) is 0 Å². The van der Waals surface area contributed by atoms with E-state index in [-0.39, 0.29) is 5.41 Å². The number of nitrogens with zero attached hydrogens (tertiary/aromatic N) is 3. The quantitative estimate of drug-likeness (QED) is 0.773. The Balaban J connectivity index is 2.31. The van der Waals surface area contributed by atoms with Crippen LogP contribution in [0.4, 0.5) is 11.8 Å². The van der Waals surface area contributed by atoms with Gasteiger partial charge in [0.15, 0.2) is 11.5 Å². The normalized spacial score (nSPS) is 11.8. The van der Waals surface area contributed by atoms with Crippen molar-refractivity contribution in [3.8, 4) is 0 Å². The van der Waals surface area contributed by atoms with Gasteiger partial charge in [0.25, 0.3) is 0 Å². The summed E-state index contributed by atoms with van der Waals surface area (Å²) in [6.45, 7) is 10.2. The van der Waals surface area contributed by atoms with E-state index >= 15 is 0 Å². The molecule has 0 saturated heterocycles. The molecular formula is C12H20N6. The highest BCUT2D eigenvalue weighted by Crippen LogP contribution is 2.21. The zero-order valence-corrected chi connectivity index (χ0v) is 11.3. The average molecular weight is 248 g/mol. The predicted octanol–water partition coefficient (Wildman–Crippen LogP) is 2.24. The number of H-pyrrole nitrogens is 1. The molecule has 0 saturated carbocycles. The summed E-state index contributed by atoms with van der Waals surface area (Å²) in [6.07, 6.45) is 1.64. The Morgan fingerprint density at radius 3 is 2.67 bits per heavy atom. The highest BCUT2D eigenvalue weighted by atomic mass is 15.2. The van der Waals surface area contributed by atoms with Gasteiger partial charge in [-0.25, -0.2) is 4.98 Å². The van der Waals surface area contributed by atoms with Gasteiger partial charge in [0.1, 0.15) is 5.52 Å². The molecule has 0 unspecified atom stereocenters. The maximum Gasteiger partial charge on any atom is 0.226 e. The second-order valence-electron chi connectivity index (χ2n) is 5.44. The van der Waals surface area contributed by atoms with Crippen molar-refractivity contribution in [2.45, 2.75) is 27.7 Å². The standard InChI is InChI=1S/C12H20N6/c1-5-13-11-17-9(14-6-12(2,3)4)8-10(18-11)16-7-15-8/h7H,5-6H2,1-4H3,(H3,13,14,15,16,17,18). The Morgan fingerprint density at radius 2 is 2.00 bits per heavy atom. The molecule has 0 aliphatic heterocycles. The summed E-state index contributed by atoms with van der Waals surface area (Å²) >= 11 is 0. The van der Waals surface area contributed by atoms with Gasteiger partial charge < -0.3 is 15.6 Å². The average Bonchev–Trinajstić information content (AvgIpc) is 2.73. The number of hydrogen-bond acceptors (Lipinski definition) is 5. The fraction of sp³-hybridized carbons (Fsp3) is 0.583. The minimum atomic E-state index is 0.190. The molecule has 2 aromatic rings. The van der Waals surface area contributed by atoms with Crippen molar-refractivity contribution >= 4 is 22.9 Å². The summed E-state index contributed by atoms with van der Waals surface area (Å²) in [4.78, 5) is 16.0. The van der Waals surface area contributed by atoms with Crippen LogP contribution in [0.25, 0.3) is 11.2 Å². The molecule has 0 fully saturated rings. The van der Waals surface area contributed by atoms with Crippen LogP contribution >= 0.6 is 0 Å². The molecule has 0 amide bonds. The lowest BCUT2D eigenvalue weighted by molar-refractivity contribution is 0.442. The summed E-state index contributed by atoms with van der Waals surface area (Å²) in [5.74, 6) is 1.40. The molecule has 6 nitrogen and oxygen atoms in total. The van der Waals surface area contributed by atoms with Crippen LogP contribution in [0.2, 0.25) is 0 Å². The second kappa shape index (κ2) is 4.80. The Hall–Kier alpha value is -1.85. The third-order valence-corrected chi connectivity index (χ3v) is 2.41. The van der Waals surface area contributed by atoms with Crippen LogP contribution in [-0.4, -0.2) is 33.0 Å². The summed E-state index contributed by atoms with van der Waals surface area (Å²) in [5, 5.41) is 6.46. The molecule has 2 heterocycles. The van der Waals surface area contributed by atoms with E-state index in [2.05, 4.69) is 51.3 Å². The van der Waals surface area contributed by atoms with E-state index in [1.165, 1.54) is 0 Å². The summed E-state index contributed by atoms with van der Waals surface area (Å²) in [6, 6.07) is 0. The molecule has 0 aliphatic rings. The molecule has 6 heteroatoms. The fourth-order valence-electron chi connectivity index (χ4n) is 1.55. The van der Waals surface area contributed by atoms with Crippen LogP contribution < -0.4 is 10.6 Å². The Morgan fingerprint density at radius 1 is 1.22 bits per heavy atom. The lowest BCUT2D eigenvalue weighted by Gasteiger charge is -2.19. The van der Waals surface area contributed by atoms with Crippen molar-refractivity contribution in [2.75, 3.05) is 23.7 Å². The molecule has 2 aromatic heterocycles. The first kappa shape index (κ1) is 12.6. The highest BCUT2D eigenvalue weighted by molar-refractivity contribution is 5.83. The van der Waals surface area contributed by atoms with Crippen LogP contribution in [0.3, 0.4) is 0 Å². The first-order valence-electron chi connectivity index (χ1n) is 6.18. The van der Waals surface area contributed by atoms with Crippen molar-refractivity contribution in [3.63, 3.8) is 0 Å². The predicted molar refractivity (Wildman–Crippen MR) is 73.8 cm³/mol. The number of rotatable bonds is 4. The van der Waals surface area contributed by atoms with Crippen LogP contribution in [0.5, 0.6) is 0 Å². The molecule has 98 valence electrons. The Labute approximate surface area is 107 Å². The van der Waals surface area contributed by atoms with E-state index in [1.54, 1.807) is 6.33 Å². The maximum atomic E-state index is 4.46. The van der Waals surface area contributed by atoms with Gasteiger partial charge in [-0.1, -0.05) is 20.8 Å². The van der Waals surface area contributed by atoms with Gasteiger partial charge in [0.05, 0.1) is 6.33 Å². The molecule has 0 aromatic carbocycles. The second-order valence-corrected chi connectivity index (χ2v) is 5.44. The van der Waals surface area contributed by atoms with Crippen LogP contribution in [0.1, 0.15) is 27.7 Å². The number of fused-ring (bicyclic) bond motifs is 1. The molecule has 18 heavy (non-hydrogen) atoms. The SMILES string of the molecule is CCNc1nc(NCC(C)(C)C)c2[nH]cnc2n1. The molecule has 0 radical (unpaired) electrons. The number of aromatic nitrogens is 4. The number of imidazole rings is 1. The monoisotopic (exact) mass is 248 g/mol. The third kappa shape index (κ3) is 2.88. The summed E-state index contributed by atoms with van der Waals surface area (Å²) in [5.41, 5.74) is 1.72. The molecule has 0 spiro atoms. The summed E-state index contributed by atoms with van der Waals surface area (Å²) in [7, 11) is 0. The molecule has 0 aliphatic carbocycles. The van der Waals surface area contributed by atoms with Gasteiger partial charge in [-0.05, 0) is 12.3 Å². The van der Waals surface area contributed by atoms with Crippen molar-refractivity contribution < 1.29 is 0 Å². The third-order valence-electron chi connectivity index (χ3n) is 2.41. The van der Waals surface area contributed by atoms with Gasteiger partial charge >= 0.3 is 0 Å². The van der Waals surface area contributed by atoms with Crippen molar-refractivity contribution in [3.05, 3.63) is 6.33 Å². The zero-order valence-electron chi connectivity index (χ0n) is 11.3. The number of hydrogen-bond donors (Lipinski definition) is 3. The maximum absolute atomic E-state index is 4.46. The zero-order chi connectivity index (χ0) is 13.2. The van der Waals surface area contributed by atoms with Gasteiger partial charge in [0.2, 0.25) is 5.95 Å². The number of nitrogens with one attached hydrogen (secondary N) is 3. The Kier molecular flexibility index (Phi) is 3.36. The minimum absolute atomic E-state index is 0.190. The number of anilines is 2. The van der Waals surface area contributed by atoms with E-state index in [9.17, 15) is 0 Å². The Bertz CT molecular complexity index is 525. The molecule has 0 bridgehead atoms. The largest absolute Gasteiger partial charge is 0.368 e. The number of aromatic amines is 1. The van der Waals surface area contributed by atoms with Gasteiger partial charge in [0, 0.05) is 13.1 Å². The smallest absolute Gasteiger partial charge is 0.226 e. The first-order chi connectivity index (χ1) is 8.49. The van der Waals surface area contributed by atoms with E-state index in [0.717, 1.165) is 24.4 Å². The minimum Gasteiger partial charge on any atom is -0.368 e. The van der Waals surface area contributed by atoms with Gasteiger partial charge in [-0.15, -0.1) is 0 Å². The molecule has 0 atom stereocenters. The van der Waals surface area contributed by atoms with Crippen LogP contribution in [0, 0.1) is 5.41 Å². The van der Waals surface area contributed by atoms with E-state index in [1.807, 2.05) is 6.92 Å². The van der Waals surface area contributed by atoms with E-state index < -0.39 is 0 Å². The lowest BCUT2D eigenvalue weighted by atomic mass is 9.97. The van der Waals surface area contributed by atoms with E-state index in [0.29, 0.717) is 11.6 Å². The van der Waals surface area contributed by atoms with Crippen molar-refractivity contribution in [1.29, 1.82) is 0 Å². The van der Waals surface area contributed by atoms with Crippen LogP contribution in [-0.2, 0) is 0 Å². The van der Waals surface area contributed by atoms with Crippen molar-refractivity contribution in [1.82, 2.24) is 19.9 Å². The highest BCUT2D eigenvalue weighted by Gasteiger charge is 2.13. The van der Waals surface area contributed by atoms with Gasteiger partial charge in [-0.2, -0.15) is 9.97 Å². The fourth-order valence-corrected chi connectivity index (χ4v) is 1.55. The lowest BCUT2D eigenvalue weighted by Crippen LogP contribution is -2.20. The molecular weight excluding hydrogens is 228 g/mol. The topological polar surface area (TPSA) is 78.5 Å². The first-order valence-corrected chi connectivity index (χ1v) is 6.18. The molecule has 3 N–H and O–H groups in total. The van der Waals surface area contributed by atoms with Gasteiger partial charge in [-0.3, -0.25) is 0 Å². The van der Waals surface area contributed by atoms with Crippen molar-refractivity contribution in [2.24, 2.45) is 5.41 Å². The summed E-state index contributed by atoms with van der Waals surface area (Å²) < 4.78 is 0. The molecule has 2 rings (SSSR count). The van der Waals surface area contributed by atoms with Crippen LogP contribution in [0.15, 0.2) is 6.33 Å².